The maximum Gasteiger partial charge on any atom is 0.127 e. The molecule has 0 aromatic heterocycles. The minimum absolute atomic E-state index is 0. The van der Waals surface area contributed by atoms with Crippen molar-refractivity contribution in [1.82, 2.24) is 6.15 Å². The van der Waals surface area contributed by atoms with Crippen molar-refractivity contribution in [3.05, 3.63) is 18.2 Å². The summed E-state index contributed by atoms with van der Waals surface area (Å²) in [6.45, 7) is 0. The summed E-state index contributed by atoms with van der Waals surface area (Å²) in [6, 6.07) is 6.18. The molecule has 0 unspecified atom stereocenters. The number of hydrogen-bond acceptors (Lipinski definition) is 2. The molecule has 0 aliphatic heterocycles. The second kappa shape index (κ2) is 1.74. The lowest BCUT2D eigenvalue weighted by Gasteiger charge is -2.18. The fraction of sp³-hybridized carbons (Fsp3) is 0.143. The Morgan fingerprint density at radius 1 is 1.33 bits per heavy atom. The predicted molar refractivity (Wildman–Crippen MR) is 37.0 cm³/mol. The normalized spacial score (nSPS) is 9.89. The van der Waals surface area contributed by atoms with Crippen LogP contribution in [0.5, 0.6) is 5.75 Å². The van der Waals surface area contributed by atoms with E-state index in [4.69, 9.17) is 4.74 Å². The third-order valence-corrected chi connectivity index (χ3v) is 1.51. The summed E-state index contributed by atoms with van der Waals surface area (Å²) in [5, 5.41) is 0. The van der Waals surface area contributed by atoms with Gasteiger partial charge < -0.3 is 10.9 Å². The van der Waals surface area contributed by atoms with Crippen LogP contribution < -0.4 is 10.9 Å². The van der Waals surface area contributed by atoms with Gasteiger partial charge in [-0.25, -0.2) is 0 Å². The molecule has 0 radical (unpaired) electrons. The molecule has 0 saturated carbocycles. The van der Waals surface area contributed by atoms with Crippen molar-refractivity contribution in [2.75, 3.05) is 7.11 Å². The molecule has 0 aromatic rings. The topological polar surface area (TPSA) is 44.2 Å². The van der Waals surface area contributed by atoms with Gasteiger partial charge in [0.1, 0.15) is 5.75 Å². The fourth-order valence-corrected chi connectivity index (χ4v) is 0.923. The van der Waals surface area contributed by atoms with Crippen molar-refractivity contribution in [3.8, 4) is 16.9 Å². The molecule has 48 valence electrons. The zero-order chi connectivity index (χ0) is 5.56. The van der Waals surface area contributed by atoms with Gasteiger partial charge in [-0.05, 0) is 11.6 Å². The summed E-state index contributed by atoms with van der Waals surface area (Å²) >= 11 is 0. The lowest BCUT2D eigenvalue weighted by atomic mass is 9.92. The fourth-order valence-electron chi connectivity index (χ4n) is 0.923. The molecule has 2 heteroatoms. The molecule has 2 aliphatic carbocycles. The number of fused-ring (bicyclic) bond motifs is 1. The van der Waals surface area contributed by atoms with E-state index in [9.17, 15) is 0 Å². The molecule has 0 amide bonds. The van der Waals surface area contributed by atoms with Crippen LogP contribution in [0, 0.1) is 0 Å². The van der Waals surface area contributed by atoms with Crippen molar-refractivity contribution >= 4 is 0 Å². The van der Waals surface area contributed by atoms with Gasteiger partial charge in [-0.1, -0.05) is 12.1 Å². The molecular formula is C7H9NO. The SMILES string of the molecule is COc1cc2ccc1-2.N. The lowest BCUT2D eigenvalue weighted by molar-refractivity contribution is 0.412. The monoisotopic (exact) mass is 123 g/mol. The van der Waals surface area contributed by atoms with Gasteiger partial charge in [0, 0.05) is 5.56 Å². The van der Waals surface area contributed by atoms with E-state index in [2.05, 4.69) is 12.1 Å². The Morgan fingerprint density at radius 3 is 2.22 bits per heavy atom. The molecular weight excluding hydrogens is 114 g/mol. The maximum absolute atomic E-state index is 4.97. The van der Waals surface area contributed by atoms with Crippen LogP contribution in [0.4, 0.5) is 0 Å². The van der Waals surface area contributed by atoms with Crippen LogP contribution in [0.3, 0.4) is 0 Å². The van der Waals surface area contributed by atoms with Crippen LogP contribution >= 0.6 is 0 Å². The predicted octanol–water partition coefficient (Wildman–Crippen LogP) is 1.84. The first kappa shape index (κ1) is 6.11. The Kier molecular flexibility index (Phi) is 1.18. The Balaban J connectivity index is 0.000000405. The number of methoxy groups -OCH3 is 1. The van der Waals surface area contributed by atoms with E-state index >= 15 is 0 Å². The summed E-state index contributed by atoms with van der Waals surface area (Å²) < 4.78 is 4.97. The van der Waals surface area contributed by atoms with E-state index in [1.807, 2.05) is 6.07 Å². The maximum atomic E-state index is 4.97. The zero-order valence-electron chi connectivity index (χ0n) is 5.35. The van der Waals surface area contributed by atoms with Crippen molar-refractivity contribution in [3.63, 3.8) is 0 Å². The molecule has 0 heterocycles. The second-order valence-corrected chi connectivity index (χ2v) is 1.92. The Bertz CT molecular complexity index is 232. The van der Waals surface area contributed by atoms with Gasteiger partial charge >= 0.3 is 0 Å². The molecule has 2 nitrogen and oxygen atoms in total. The van der Waals surface area contributed by atoms with Crippen molar-refractivity contribution in [1.29, 1.82) is 0 Å². The highest BCUT2D eigenvalue weighted by Crippen LogP contribution is 2.42. The van der Waals surface area contributed by atoms with Crippen LogP contribution in [0.15, 0.2) is 18.2 Å². The average Bonchev–Trinajstić information content (AvgIpc) is 1.76. The number of benzene rings is 1. The van der Waals surface area contributed by atoms with Crippen molar-refractivity contribution in [2.24, 2.45) is 0 Å². The van der Waals surface area contributed by atoms with E-state index in [0.717, 1.165) is 5.75 Å². The second-order valence-electron chi connectivity index (χ2n) is 1.92. The van der Waals surface area contributed by atoms with E-state index < -0.39 is 0 Å². The average molecular weight is 123 g/mol. The van der Waals surface area contributed by atoms with Gasteiger partial charge in [-0.15, -0.1) is 0 Å². The number of rotatable bonds is 1. The van der Waals surface area contributed by atoms with Crippen molar-refractivity contribution in [2.45, 2.75) is 0 Å². The first-order chi connectivity index (χ1) is 3.92. The van der Waals surface area contributed by atoms with Gasteiger partial charge in [0.25, 0.3) is 0 Å². The van der Waals surface area contributed by atoms with Gasteiger partial charge in [0.05, 0.1) is 7.11 Å². The molecule has 2 aliphatic rings. The molecule has 0 aromatic carbocycles. The van der Waals surface area contributed by atoms with Gasteiger partial charge in [0.15, 0.2) is 0 Å². The zero-order valence-corrected chi connectivity index (χ0v) is 5.35. The smallest absolute Gasteiger partial charge is 0.127 e. The Hall–Kier alpha value is -1.02. The summed E-state index contributed by atoms with van der Waals surface area (Å²) in [5.41, 5.74) is 2.62. The Morgan fingerprint density at radius 2 is 2.11 bits per heavy atom. The molecule has 3 N–H and O–H groups in total. The summed E-state index contributed by atoms with van der Waals surface area (Å²) in [7, 11) is 1.70. The highest BCUT2D eigenvalue weighted by molar-refractivity contribution is 5.84. The van der Waals surface area contributed by atoms with Gasteiger partial charge in [-0.2, -0.15) is 0 Å². The lowest BCUT2D eigenvalue weighted by Crippen LogP contribution is -1.96. The summed E-state index contributed by atoms with van der Waals surface area (Å²) in [4.78, 5) is 0. The number of hydrogen-bond donors (Lipinski definition) is 1. The number of ether oxygens (including phenoxy) is 1. The standard InChI is InChI=1S/C7H6O.H3N/c1-8-7-4-5-2-3-6(5)7;/h2-4H,1H3;1H3. The van der Waals surface area contributed by atoms with Gasteiger partial charge in [-0.3, -0.25) is 0 Å². The van der Waals surface area contributed by atoms with Crippen LogP contribution in [0.1, 0.15) is 0 Å². The molecule has 0 atom stereocenters. The van der Waals surface area contributed by atoms with Crippen LogP contribution in [-0.4, -0.2) is 7.11 Å². The van der Waals surface area contributed by atoms with E-state index in [0.29, 0.717) is 0 Å². The van der Waals surface area contributed by atoms with Crippen LogP contribution in [-0.2, 0) is 0 Å². The molecule has 0 fully saturated rings. The van der Waals surface area contributed by atoms with Crippen LogP contribution in [0.2, 0.25) is 0 Å². The molecule has 0 saturated heterocycles. The highest BCUT2D eigenvalue weighted by Gasteiger charge is 2.15. The third kappa shape index (κ3) is 0.535. The molecule has 9 heavy (non-hydrogen) atoms. The molecule has 0 bridgehead atoms. The van der Waals surface area contributed by atoms with Gasteiger partial charge in [0.2, 0.25) is 0 Å². The van der Waals surface area contributed by atoms with E-state index in [1.54, 1.807) is 7.11 Å². The van der Waals surface area contributed by atoms with E-state index in [-0.39, 0.29) is 6.15 Å². The minimum atomic E-state index is 0. The molecule has 2 rings (SSSR count). The first-order valence-electron chi connectivity index (χ1n) is 2.60. The van der Waals surface area contributed by atoms with Crippen LogP contribution in [0.25, 0.3) is 11.1 Å². The first-order valence-corrected chi connectivity index (χ1v) is 2.60. The largest absolute Gasteiger partial charge is 0.496 e. The van der Waals surface area contributed by atoms with Crippen molar-refractivity contribution < 1.29 is 4.74 Å². The summed E-state index contributed by atoms with van der Waals surface area (Å²) in [6.07, 6.45) is 0. The minimum Gasteiger partial charge on any atom is -0.496 e. The molecule has 0 spiro atoms. The summed E-state index contributed by atoms with van der Waals surface area (Å²) in [5.74, 6) is 1.03. The highest BCUT2D eigenvalue weighted by atomic mass is 16.5. The van der Waals surface area contributed by atoms with E-state index in [1.165, 1.54) is 11.1 Å². The quantitative estimate of drug-likeness (QED) is 0.628. The third-order valence-electron chi connectivity index (χ3n) is 1.51. The Labute approximate surface area is 54.0 Å².